The number of piperazine rings is 1. The van der Waals surface area contributed by atoms with Crippen LogP contribution in [0, 0.1) is 0 Å². The third-order valence-corrected chi connectivity index (χ3v) is 4.41. The van der Waals surface area contributed by atoms with Crippen molar-refractivity contribution in [2.75, 3.05) is 26.2 Å². The van der Waals surface area contributed by atoms with Crippen LogP contribution in [0.1, 0.15) is 31.2 Å². The van der Waals surface area contributed by atoms with Crippen molar-refractivity contribution in [1.82, 2.24) is 20.0 Å². The van der Waals surface area contributed by atoms with Gasteiger partial charge in [-0.15, -0.1) is 10.2 Å². The van der Waals surface area contributed by atoms with Crippen LogP contribution in [0.15, 0.2) is 34.7 Å². The molecule has 1 aromatic heterocycles. The lowest BCUT2D eigenvalue weighted by molar-refractivity contribution is 0.0391. The van der Waals surface area contributed by atoms with E-state index in [9.17, 15) is 5.11 Å². The van der Waals surface area contributed by atoms with Crippen LogP contribution in [0.4, 0.5) is 0 Å². The number of β-amino-alcohol motifs (C(OH)–C–C–N with tert-alkyl or cyclic N) is 1. The largest absolute Gasteiger partial charge is 0.424 e. The summed E-state index contributed by atoms with van der Waals surface area (Å²) in [7, 11) is 0. The molecule has 2 aromatic rings. The van der Waals surface area contributed by atoms with Crippen molar-refractivity contribution in [1.29, 1.82) is 0 Å². The van der Waals surface area contributed by atoms with Crippen LogP contribution in [0.2, 0.25) is 0 Å². The highest BCUT2D eigenvalue weighted by atomic mass is 16.4. The third-order valence-electron chi connectivity index (χ3n) is 4.41. The smallest absolute Gasteiger partial charge is 0.230 e. The first-order valence-corrected chi connectivity index (χ1v) is 8.60. The summed E-state index contributed by atoms with van der Waals surface area (Å²) in [4.78, 5) is 4.67. The molecule has 1 saturated heterocycles. The fraction of sp³-hybridized carbons (Fsp3) is 0.556. The number of aliphatic hydroxyl groups excluding tert-OH is 1. The molecule has 1 aromatic carbocycles. The molecule has 0 saturated carbocycles. The molecule has 0 radical (unpaired) electrons. The first-order chi connectivity index (χ1) is 11.6. The SMILES string of the molecule is C[C@@H](O)CN1CCN(Cc2nnc(Cc3ccccc3)o2)C[C@@H]1C. The van der Waals surface area contributed by atoms with Gasteiger partial charge in [0.1, 0.15) is 0 Å². The predicted molar refractivity (Wildman–Crippen MR) is 91.5 cm³/mol. The van der Waals surface area contributed by atoms with Gasteiger partial charge in [-0.1, -0.05) is 30.3 Å². The second-order valence-corrected chi connectivity index (χ2v) is 6.68. The zero-order valence-corrected chi connectivity index (χ0v) is 14.4. The predicted octanol–water partition coefficient (Wildman–Crippen LogP) is 1.55. The molecule has 1 fully saturated rings. The number of rotatable bonds is 6. The molecule has 6 heteroatoms. The summed E-state index contributed by atoms with van der Waals surface area (Å²) in [6.45, 7) is 8.31. The van der Waals surface area contributed by atoms with Crippen LogP contribution in [0.5, 0.6) is 0 Å². The molecule has 6 nitrogen and oxygen atoms in total. The van der Waals surface area contributed by atoms with Crippen molar-refractivity contribution in [2.24, 2.45) is 0 Å². The molecule has 130 valence electrons. The molecule has 0 bridgehead atoms. The van der Waals surface area contributed by atoms with E-state index >= 15 is 0 Å². The van der Waals surface area contributed by atoms with E-state index in [0.717, 1.165) is 26.2 Å². The Hall–Kier alpha value is -1.76. The summed E-state index contributed by atoms with van der Waals surface area (Å²) in [5, 5.41) is 17.9. The highest BCUT2D eigenvalue weighted by Crippen LogP contribution is 2.14. The zero-order valence-electron chi connectivity index (χ0n) is 14.4. The zero-order chi connectivity index (χ0) is 16.9. The molecule has 0 unspecified atom stereocenters. The van der Waals surface area contributed by atoms with E-state index < -0.39 is 0 Å². The fourth-order valence-corrected chi connectivity index (χ4v) is 3.21. The Balaban J connectivity index is 1.52. The summed E-state index contributed by atoms with van der Waals surface area (Å²) in [5.41, 5.74) is 1.17. The second kappa shape index (κ2) is 7.88. The van der Waals surface area contributed by atoms with Crippen LogP contribution in [0.3, 0.4) is 0 Å². The Morgan fingerprint density at radius 1 is 1.21 bits per heavy atom. The van der Waals surface area contributed by atoms with Crippen molar-refractivity contribution in [3.05, 3.63) is 47.7 Å². The highest BCUT2D eigenvalue weighted by Gasteiger charge is 2.25. The number of aromatic nitrogens is 2. The van der Waals surface area contributed by atoms with E-state index in [1.54, 1.807) is 0 Å². The van der Waals surface area contributed by atoms with Crippen LogP contribution < -0.4 is 0 Å². The van der Waals surface area contributed by atoms with Gasteiger partial charge in [0, 0.05) is 32.2 Å². The standard InChI is InChI=1S/C18H26N4O2/c1-14-11-21(8-9-22(14)12-15(2)23)13-18-20-19-17(24-18)10-16-6-4-3-5-7-16/h3-7,14-15,23H,8-13H2,1-2H3/t14-,15+/m0/s1. The minimum atomic E-state index is -0.282. The van der Waals surface area contributed by atoms with E-state index in [-0.39, 0.29) is 6.10 Å². The van der Waals surface area contributed by atoms with E-state index in [2.05, 4.69) is 39.1 Å². The molecular formula is C18H26N4O2. The Labute approximate surface area is 143 Å². The van der Waals surface area contributed by atoms with Crippen molar-refractivity contribution >= 4 is 0 Å². The highest BCUT2D eigenvalue weighted by molar-refractivity contribution is 5.17. The second-order valence-electron chi connectivity index (χ2n) is 6.68. The first kappa shape index (κ1) is 17.1. The normalized spacial score (nSPS) is 21.0. The monoisotopic (exact) mass is 330 g/mol. The van der Waals surface area contributed by atoms with Gasteiger partial charge in [-0.05, 0) is 19.4 Å². The molecular weight excluding hydrogens is 304 g/mol. The van der Waals surface area contributed by atoms with Crippen LogP contribution >= 0.6 is 0 Å². The van der Waals surface area contributed by atoms with Crippen LogP contribution in [0.25, 0.3) is 0 Å². The fourth-order valence-electron chi connectivity index (χ4n) is 3.21. The lowest BCUT2D eigenvalue weighted by Crippen LogP contribution is -2.53. The minimum Gasteiger partial charge on any atom is -0.424 e. The summed E-state index contributed by atoms with van der Waals surface area (Å²) >= 11 is 0. The molecule has 24 heavy (non-hydrogen) atoms. The summed E-state index contributed by atoms with van der Waals surface area (Å²) < 4.78 is 5.80. The molecule has 2 atom stereocenters. The van der Waals surface area contributed by atoms with Crippen molar-refractivity contribution < 1.29 is 9.52 Å². The summed E-state index contributed by atoms with van der Waals surface area (Å²) in [5.74, 6) is 1.34. The third kappa shape index (κ3) is 4.63. The molecule has 1 aliphatic heterocycles. The lowest BCUT2D eigenvalue weighted by atomic mass is 10.1. The average Bonchev–Trinajstić information content (AvgIpc) is 2.98. The van der Waals surface area contributed by atoms with Gasteiger partial charge in [0.05, 0.1) is 19.1 Å². The summed E-state index contributed by atoms with van der Waals surface area (Å²) in [6, 6.07) is 10.6. The van der Waals surface area contributed by atoms with Crippen LogP contribution in [-0.2, 0) is 13.0 Å². The van der Waals surface area contributed by atoms with Crippen molar-refractivity contribution in [2.45, 2.75) is 39.0 Å². The van der Waals surface area contributed by atoms with Gasteiger partial charge in [-0.3, -0.25) is 9.80 Å². The first-order valence-electron chi connectivity index (χ1n) is 8.60. The number of aliphatic hydroxyl groups is 1. The topological polar surface area (TPSA) is 65.6 Å². The Morgan fingerprint density at radius 2 is 1.96 bits per heavy atom. The van der Waals surface area contributed by atoms with Gasteiger partial charge in [0.2, 0.25) is 11.8 Å². The molecule has 1 N–H and O–H groups in total. The van der Waals surface area contributed by atoms with Crippen molar-refractivity contribution in [3.8, 4) is 0 Å². The average molecular weight is 330 g/mol. The number of hydrogen-bond donors (Lipinski definition) is 1. The molecule has 0 amide bonds. The van der Waals surface area contributed by atoms with E-state index in [1.165, 1.54) is 5.56 Å². The quantitative estimate of drug-likeness (QED) is 0.867. The summed E-state index contributed by atoms with van der Waals surface area (Å²) in [6.07, 6.45) is 0.391. The van der Waals surface area contributed by atoms with Gasteiger partial charge < -0.3 is 9.52 Å². The maximum absolute atomic E-state index is 9.56. The molecule has 2 heterocycles. The van der Waals surface area contributed by atoms with Gasteiger partial charge in [-0.25, -0.2) is 0 Å². The molecule has 1 aliphatic rings. The maximum Gasteiger partial charge on any atom is 0.230 e. The van der Waals surface area contributed by atoms with E-state index in [1.807, 2.05) is 25.1 Å². The molecule has 0 spiro atoms. The number of hydrogen-bond acceptors (Lipinski definition) is 6. The number of nitrogens with zero attached hydrogens (tertiary/aromatic N) is 4. The Kier molecular flexibility index (Phi) is 5.60. The Morgan fingerprint density at radius 3 is 2.67 bits per heavy atom. The van der Waals surface area contributed by atoms with Crippen LogP contribution in [-0.4, -0.2) is 63.4 Å². The number of benzene rings is 1. The maximum atomic E-state index is 9.56. The molecule has 3 rings (SSSR count). The van der Waals surface area contributed by atoms with Gasteiger partial charge in [0.15, 0.2) is 0 Å². The van der Waals surface area contributed by atoms with Gasteiger partial charge in [-0.2, -0.15) is 0 Å². The Bertz CT molecular complexity index is 629. The van der Waals surface area contributed by atoms with Gasteiger partial charge >= 0.3 is 0 Å². The lowest BCUT2D eigenvalue weighted by Gasteiger charge is -2.39. The minimum absolute atomic E-state index is 0.282. The van der Waals surface area contributed by atoms with E-state index in [4.69, 9.17) is 4.42 Å². The van der Waals surface area contributed by atoms with Gasteiger partial charge in [0.25, 0.3) is 0 Å². The molecule has 0 aliphatic carbocycles. The van der Waals surface area contributed by atoms with Crippen molar-refractivity contribution in [3.63, 3.8) is 0 Å². The van der Waals surface area contributed by atoms with E-state index in [0.29, 0.717) is 30.8 Å².